The number of aliphatic hydroxyl groups is 1. The minimum Gasteiger partial charge on any atom is -0.391 e. The molecule has 3 atom stereocenters. The number of aliphatic hydroxyl groups excluding tert-OH is 1. The molecule has 0 radical (unpaired) electrons. The molecule has 1 fully saturated rings. The van der Waals surface area contributed by atoms with E-state index >= 15 is 0 Å². The highest BCUT2D eigenvalue weighted by Crippen LogP contribution is 2.50. The molecule has 122 valence electrons. The summed E-state index contributed by atoms with van der Waals surface area (Å²) in [5.74, 6) is 0. The van der Waals surface area contributed by atoms with E-state index in [1.54, 1.807) is 11.8 Å². The van der Waals surface area contributed by atoms with Gasteiger partial charge in [-0.3, -0.25) is 0 Å². The number of azide groups is 1. The summed E-state index contributed by atoms with van der Waals surface area (Å²) in [4.78, 5) is 7.54. The van der Waals surface area contributed by atoms with Crippen LogP contribution in [0, 0.1) is 0 Å². The van der Waals surface area contributed by atoms with Crippen LogP contribution in [0.25, 0.3) is 10.4 Å². The zero-order valence-corrected chi connectivity index (χ0v) is 13.9. The summed E-state index contributed by atoms with van der Waals surface area (Å²) < 4.78 is 0. The lowest BCUT2D eigenvalue weighted by Crippen LogP contribution is -2.49. The molecule has 2 aromatic rings. The third-order valence-corrected chi connectivity index (χ3v) is 5.92. The number of fused-ring (bicyclic) bond motifs is 2. The van der Waals surface area contributed by atoms with Crippen LogP contribution in [0.3, 0.4) is 0 Å². The van der Waals surface area contributed by atoms with Crippen molar-refractivity contribution in [3.05, 3.63) is 59.0 Å². The Kier molecular flexibility index (Phi) is 4.10. The predicted molar refractivity (Wildman–Crippen MR) is 95.7 cm³/mol. The average molecular weight is 338 g/mol. The molecular weight excluding hydrogens is 320 g/mol. The first kappa shape index (κ1) is 15.4. The summed E-state index contributed by atoms with van der Waals surface area (Å²) in [5.41, 5.74) is 11.0. The van der Waals surface area contributed by atoms with E-state index in [9.17, 15) is 5.11 Å². The van der Waals surface area contributed by atoms with Gasteiger partial charge in [-0.2, -0.15) is 0 Å². The Morgan fingerprint density at radius 3 is 2.29 bits per heavy atom. The van der Waals surface area contributed by atoms with Gasteiger partial charge < -0.3 is 10.0 Å². The molecule has 2 aliphatic rings. The molecule has 1 unspecified atom stereocenters. The van der Waals surface area contributed by atoms with Gasteiger partial charge >= 0.3 is 0 Å². The summed E-state index contributed by atoms with van der Waals surface area (Å²) in [7, 11) is 0. The van der Waals surface area contributed by atoms with Gasteiger partial charge in [0.25, 0.3) is 0 Å². The van der Waals surface area contributed by atoms with E-state index in [1.807, 2.05) is 24.3 Å². The van der Waals surface area contributed by atoms with Crippen LogP contribution in [-0.4, -0.2) is 23.3 Å². The van der Waals surface area contributed by atoms with Crippen LogP contribution in [0.4, 0.5) is 11.4 Å². The Bertz CT molecular complexity index is 760. The first-order chi connectivity index (χ1) is 11.8. The molecule has 6 heteroatoms. The lowest BCUT2D eigenvalue weighted by atomic mass is 9.87. The Morgan fingerprint density at radius 2 is 1.67 bits per heavy atom. The number of nitrogens with zero attached hydrogens (tertiary/aromatic N) is 4. The minimum atomic E-state index is -0.668. The molecule has 1 N–H and O–H groups in total. The van der Waals surface area contributed by atoms with Crippen molar-refractivity contribution in [2.75, 3.05) is 4.90 Å². The molecule has 1 aliphatic heterocycles. The summed E-state index contributed by atoms with van der Waals surface area (Å²) >= 11 is 1.76. The van der Waals surface area contributed by atoms with E-state index in [2.05, 4.69) is 39.2 Å². The number of hydrogen-bond acceptors (Lipinski definition) is 4. The van der Waals surface area contributed by atoms with Crippen molar-refractivity contribution < 1.29 is 5.11 Å². The van der Waals surface area contributed by atoms with Gasteiger partial charge in [0.05, 0.1) is 29.6 Å². The number of anilines is 2. The highest BCUT2D eigenvalue weighted by atomic mass is 32.2. The van der Waals surface area contributed by atoms with Gasteiger partial charge in [-0.05, 0) is 42.6 Å². The van der Waals surface area contributed by atoms with Crippen molar-refractivity contribution in [3.63, 3.8) is 0 Å². The van der Waals surface area contributed by atoms with E-state index in [0.29, 0.717) is 0 Å². The van der Waals surface area contributed by atoms with E-state index in [-0.39, 0.29) is 12.1 Å². The van der Waals surface area contributed by atoms with Crippen molar-refractivity contribution in [3.8, 4) is 0 Å². The number of rotatable bonds is 2. The fraction of sp³-hybridized carbons (Fsp3) is 0.333. The van der Waals surface area contributed by atoms with Gasteiger partial charge in [-0.15, -0.1) is 0 Å². The molecule has 1 saturated carbocycles. The third kappa shape index (κ3) is 2.53. The second-order valence-electron chi connectivity index (χ2n) is 6.17. The predicted octanol–water partition coefficient (Wildman–Crippen LogP) is 4.88. The largest absolute Gasteiger partial charge is 0.391 e. The molecule has 0 bridgehead atoms. The highest BCUT2D eigenvalue weighted by Gasteiger charge is 2.38. The minimum absolute atomic E-state index is 0.0857. The van der Waals surface area contributed by atoms with Crippen LogP contribution in [0.5, 0.6) is 0 Å². The van der Waals surface area contributed by atoms with Crippen LogP contribution in [0.2, 0.25) is 0 Å². The summed E-state index contributed by atoms with van der Waals surface area (Å²) in [6, 6.07) is 16.1. The Balaban J connectivity index is 1.81. The van der Waals surface area contributed by atoms with Crippen molar-refractivity contribution in [1.29, 1.82) is 0 Å². The molecule has 0 spiro atoms. The van der Waals surface area contributed by atoms with Crippen LogP contribution in [0.15, 0.2) is 63.4 Å². The SMILES string of the molecule is [N-]=[N+]=NC1CCC[C@H](N2c3ccccc3Sc3ccccc32)[C@H]1O. The highest BCUT2D eigenvalue weighted by molar-refractivity contribution is 7.99. The molecule has 1 aliphatic carbocycles. The van der Waals surface area contributed by atoms with Gasteiger partial charge in [0.15, 0.2) is 0 Å². The normalized spacial score (nSPS) is 25.4. The number of benzene rings is 2. The van der Waals surface area contributed by atoms with Crippen molar-refractivity contribution >= 4 is 23.1 Å². The van der Waals surface area contributed by atoms with Crippen LogP contribution >= 0.6 is 11.8 Å². The van der Waals surface area contributed by atoms with E-state index < -0.39 is 6.10 Å². The van der Waals surface area contributed by atoms with Crippen molar-refractivity contribution in [2.45, 2.75) is 47.2 Å². The molecule has 5 nitrogen and oxygen atoms in total. The molecule has 2 aromatic carbocycles. The number of para-hydroxylation sites is 2. The van der Waals surface area contributed by atoms with Gasteiger partial charge in [-0.25, -0.2) is 0 Å². The zero-order chi connectivity index (χ0) is 16.5. The topological polar surface area (TPSA) is 72.2 Å². The second kappa shape index (κ2) is 6.40. The maximum Gasteiger partial charge on any atom is 0.0832 e. The molecule has 4 rings (SSSR count). The molecule has 0 aromatic heterocycles. The fourth-order valence-electron chi connectivity index (χ4n) is 3.70. The first-order valence-corrected chi connectivity index (χ1v) is 8.98. The fourth-order valence-corrected chi connectivity index (χ4v) is 4.77. The molecule has 24 heavy (non-hydrogen) atoms. The summed E-state index contributed by atoms with van der Waals surface area (Å²) in [6.07, 6.45) is 1.90. The van der Waals surface area contributed by atoms with Gasteiger partial charge in [0, 0.05) is 14.7 Å². The van der Waals surface area contributed by atoms with Crippen LogP contribution in [-0.2, 0) is 0 Å². The van der Waals surface area contributed by atoms with Crippen LogP contribution in [0.1, 0.15) is 19.3 Å². The Labute approximate surface area is 144 Å². The first-order valence-electron chi connectivity index (χ1n) is 8.17. The number of hydrogen-bond donors (Lipinski definition) is 1. The quantitative estimate of drug-likeness (QED) is 0.482. The third-order valence-electron chi connectivity index (χ3n) is 4.79. The van der Waals surface area contributed by atoms with E-state index in [0.717, 1.165) is 30.6 Å². The lowest BCUT2D eigenvalue weighted by molar-refractivity contribution is 0.0876. The monoisotopic (exact) mass is 338 g/mol. The van der Waals surface area contributed by atoms with E-state index in [4.69, 9.17) is 5.53 Å². The Hall–Kier alpha value is -2.14. The maximum absolute atomic E-state index is 10.8. The maximum atomic E-state index is 10.8. The lowest BCUT2D eigenvalue weighted by Gasteiger charge is -2.44. The smallest absolute Gasteiger partial charge is 0.0832 e. The van der Waals surface area contributed by atoms with Gasteiger partial charge in [0.2, 0.25) is 0 Å². The standard InChI is InChI=1S/C18H18N4OS/c19-21-20-12-6-5-9-15(18(12)23)22-13-7-1-3-10-16(13)24-17-11-4-2-8-14(17)22/h1-4,7-8,10-12,15,18,23H,5-6,9H2/t12?,15-,18-/m0/s1. The molecule has 0 amide bonds. The average Bonchev–Trinajstić information content (AvgIpc) is 2.62. The van der Waals surface area contributed by atoms with Crippen LogP contribution < -0.4 is 4.90 Å². The summed E-state index contributed by atoms with van der Waals surface area (Å²) in [6.45, 7) is 0. The zero-order valence-electron chi connectivity index (χ0n) is 13.1. The van der Waals surface area contributed by atoms with Crippen molar-refractivity contribution in [1.82, 2.24) is 0 Å². The van der Waals surface area contributed by atoms with Gasteiger partial charge in [-0.1, -0.05) is 47.6 Å². The molecule has 0 saturated heterocycles. The van der Waals surface area contributed by atoms with E-state index in [1.165, 1.54) is 9.79 Å². The molecule has 1 heterocycles. The second-order valence-corrected chi connectivity index (χ2v) is 7.25. The Morgan fingerprint density at radius 1 is 1.04 bits per heavy atom. The summed E-state index contributed by atoms with van der Waals surface area (Å²) in [5, 5.41) is 14.7. The van der Waals surface area contributed by atoms with Crippen molar-refractivity contribution in [2.24, 2.45) is 5.11 Å². The molecular formula is C18H18N4OS. The van der Waals surface area contributed by atoms with Gasteiger partial charge in [0.1, 0.15) is 0 Å².